The van der Waals surface area contributed by atoms with Crippen LogP contribution in [0.15, 0.2) is 72.0 Å². The Balaban J connectivity index is 1.76. The summed E-state index contributed by atoms with van der Waals surface area (Å²) in [6.45, 7) is 0. The minimum absolute atomic E-state index is 0.0219. The van der Waals surface area contributed by atoms with Gasteiger partial charge < -0.3 is 15.3 Å². The summed E-state index contributed by atoms with van der Waals surface area (Å²) in [7, 11) is 1.46. The van der Waals surface area contributed by atoms with E-state index in [0.29, 0.717) is 16.9 Å². The Hall–Kier alpha value is -4.34. The van der Waals surface area contributed by atoms with Crippen LogP contribution in [0.1, 0.15) is 28.0 Å². The van der Waals surface area contributed by atoms with Gasteiger partial charge in [0.1, 0.15) is 17.0 Å². The molecule has 4 rings (SSSR count). The van der Waals surface area contributed by atoms with Gasteiger partial charge in [-0.25, -0.2) is 23.1 Å². The second kappa shape index (κ2) is 8.80. The van der Waals surface area contributed by atoms with E-state index in [-0.39, 0.29) is 22.7 Å². The van der Waals surface area contributed by atoms with Crippen molar-refractivity contribution in [1.29, 1.82) is 0 Å². The molecule has 0 fully saturated rings. The molecule has 0 unspecified atom stereocenters. The zero-order valence-electron chi connectivity index (χ0n) is 16.8. The number of methoxy groups -OCH3 is 1. The topological polar surface area (TPSA) is 104 Å². The maximum atomic E-state index is 13.8. The first-order valence-electron chi connectivity index (χ1n) is 9.40. The summed E-state index contributed by atoms with van der Waals surface area (Å²) in [6, 6.07) is 16.7. The molecule has 10 heteroatoms. The Kier molecular flexibility index (Phi) is 5.75. The van der Waals surface area contributed by atoms with Gasteiger partial charge in [0.15, 0.2) is 11.5 Å². The van der Waals surface area contributed by atoms with Gasteiger partial charge in [-0.15, -0.1) is 0 Å². The SMILES string of the molecule is COc1ccccc1-c1cc(C(F)F)n2ncc(C(=O)O/N=C(\N)c3ccccc3)c2n1. The first-order valence-corrected chi connectivity index (χ1v) is 9.40. The monoisotopic (exact) mass is 437 g/mol. The molecule has 4 aromatic rings. The van der Waals surface area contributed by atoms with E-state index < -0.39 is 18.1 Å². The summed E-state index contributed by atoms with van der Waals surface area (Å²) < 4.78 is 33.7. The van der Waals surface area contributed by atoms with Crippen LogP contribution < -0.4 is 10.5 Å². The molecule has 2 N–H and O–H groups in total. The average Bonchev–Trinajstić information content (AvgIpc) is 3.26. The van der Waals surface area contributed by atoms with Crippen LogP contribution in [-0.2, 0) is 4.84 Å². The zero-order valence-corrected chi connectivity index (χ0v) is 16.8. The molecular weight excluding hydrogens is 420 g/mol. The van der Waals surface area contributed by atoms with Crippen molar-refractivity contribution in [2.45, 2.75) is 6.43 Å². The Morgan fingerprint density at radius 1 is 1.12 bits per heavy atom. The number of nitrogens with two attached hydrogens (primary N) is 1. The molecule has 0 radical (unpaired) electrons. The summed E-state index contributed by atoms with van der Waals surface area (Å²) in [5.74, 6) is -0.524. The predicted molar refractivity (Wildman–Crippen MR) is 113 cm³/mol. The number of amidine groups is 1. The Morgan fingerprint density at radius 3 is 2.56 bits per heavy atom. The van der Waals surface area contributed by atoms with Gasteiger partial charge in [0, 0.05) is 11.1 Å². The van der Waals surface area contributed by atoms with Crippen LogP contribution in [0, 0.1) is 0 Å². The molecule has 0 bridgehead atoms. The molecule has 32 heavy (non-hydrogen) atoms. The highest BCUT2D eigenvalue weighted by molar-refractivity contribution is 5.99. The number of nitrogens with zero attached hydrogens (tertiary/aromatic N) is 4. The van der Waals surface area contributed by atoms with E-state index >= 15 is 0 Å². The number of oxime groups is 1. The molecule has 162 valence electrons. The highest BCUT2D eigenvalue weighted by Crippen LogP contribution is 2.32. The van der Waals surface area contributed by atoms with E-state index in [1.807, 2.05) is 0 Å². The van der Waals surface area contributed by atoms with Crippen molar-refractivity contribution in [2.24, 2.45) is 10.9 Å². The minimum Gasteiger partial charge on any atom is -0.496 e. The van der Waals surface area contributed by atoms with Crippen molar-refractivity contribution in [1.82, 2.24) is 14.6 Å². The van der Waals surface area contributed by atoms with Crippen molar-refractivity contribution in [3.8, 4) is 17.0 Å². The molecule has 0 amide bonds. The fourth-order valence-corrected chi connectivity index (χ4v) is 3.08. The van der Waals surface area contributed by atoms with E-state index in [1.54, 1.807) is 54.6 Å². The van der Waals surface area contributed by atoms with Crippen LogP contribution in [0.25, 0.3) is 16.9 Å². The lowest BCUT2D eigenvalue weighted by Gasteiger charge is -2.11. The van der Waals surface area contributed by atoms with Crippen molar-refractivity contribution in [2.75, 3.05) is 7.11 Å². The van der Waals surface area contributed by atoms with Crippen LogP contribution >= 0.6 is 0 Å². The molecule has 2 aromatic heterocycles. The summed E-state index contributed by atoms with van der Waals surface area (Å²) in [4.78, 5) is 21.9. The molecular formula is C22H17F2N5O3. The number of ether oxygens (including phenoxy) is 1. The normalized spacial score (nSPS) is 11.7. The molecule has 0 spiro atoms. The molecule has 0 aliphatic rings. The Bertz CT molecular complexity index is 1310. The lowest BCUT2D eigenvalue weighted by molar-refractivity contribution is 0.0518. The third-order valence-corrected chi connectivity index (χ3v) is 4.62. The maximum absolute atomic E-state index is 13.8. The smallest absolute Gasteiger partial charge is 0.371 e. The summed E-state index contributed by atoms with van der Waals surface area (Å²) in [5, 5.41) is 7.52. The first kappa shape index (κ1) is 20.9. The Morgan fingerprint density at radius 2 is 1.84 bits per heavy atom. The van der Waals surface area contributed by atoms with Crippen LogP contribution in [0.3, 0.4) is 0 Å². The van der Waals surface area contributed by atoms with Gasteiger partial charge in [0.25, 0.3) is 6.43 Å². The first-order chi connectivity index (χ1) is 15.5. The van der Waals surface area contributed by atoms with Gasteiger partial charge >= 0.3 is 5.97 Å². The number of carbonyl (C=O) groups excluding carboxylic acids is 1. The van der Waals surface area contributed by atoms with E-state index in [2.05, 4.69) is 15.2 Å². The van der Waals surface area contributed by atoms with Crippen LogP contribution in [-0.4, -0.2) is 33.5 Å². The van der Waals surface area contributed by atoms with E-state index in [4.69, 9.17) is 15.3 Å². The third-order valence-electron chi connectivity index (χ3n) is 4.62. The van der Waals surface area contributed by atoms with Crippen molar-refractivity contribution < 1.29 is 23.1 Å². The number of alkyl halides is 2. The van der Waals surface area contributed by atoms with Crippen molar-refractivity contribution >= 4 is 17.5 Å². The van der Waals surface area contributed by atoms with Gasteiger partial charge in [-0.2, -0.15) is 5.10 Å². The fraction of sp³-hybridized carbons (Fsp3) is 0.0909. The number of hydrogen-bond donors (Lipinski definition) is 1. The zero-order chi connectivity index (χ0) is 22.7. The summed E-state index contributed by atoms with van der Waals surface area (Å²) >= 11 is 0. The number of fused-ring (bicyclic) bond motifs is 1. The Labute approximate surface area is 180 Å². The lowest BCUT2D eigenvalue weighted by atomic mass is 10.1. The number of hydrogen-bond acceptors (Lipinski definition) is 6. The van der Waals surface area contributed by atoms with Crippen LogP contribution in [0.5, 0.6) is 5.75 Å². The number of halogens is 2. The highest BCUT2D eigenvalue weighted by Gasteiger charge is 2.23. The standard InChI is InChI=1S/C22H17F2N5O3/c1-31-18-10-6-5-9-14(18)16-11-17(19(23)24)29-21(27-16)15(12-26-29)22(30)32-28-20(25)13-7-3-2-4-8-13/h2-12,19H,1H3,(H2,25,28). The average molecular weight is 437 g/mol. The van der Waals surface area contributed by atoms with Gasteiger partial charge in [-0.3, -0.25) is 0 Å². The molecule has 0 saturated heterocycles. The van der Waals surface area contributed by atoms with E-state index in [0.717, 1.165) is 10.7 Å². The molecule has 0 atom stereocenters. The minimum atomic E-state index is -2.87. The van der Waals surface area contributed by atoms with Gasteiger partial charge in [-0.1, -0.05) is 47.6 Å². The number of para-hydroxylation sites is 1. The lowest BCUT2D eigenvalue weighted by Crippen LogP contribution is -2.15. The van der Waals surface area contributed by atoms with Crippen LogP contribution in [0.4, 0.5) is 8.78 Å². The highest BCUT2D eigenvalue weighted by atomic mass is 19.3. The third kappa shape index (κ3) is 3.97. The van der Waals surface area contributed by atoms with E-state index in [9.17, 15) is 13.6 Å². The largest absolute Gasteiger partial charge is 0.496 e. The van der Waals surface area contributed by atoms with Crippen molar-refractivity contribution in [3.05, 3.63) is 83.7 Å². The number of carbonyl (C=O) groups is 1. The number of rotatable bonds is 6. The predicted octanol–water partition coefficient (Wildman–Crippen LogP) is 3.82. The number of benzene rings is 2. The van der Waals surface area contributed by atoms with Gasteiger partial charge in [0.2, 0.25) is 0 Å². The summed E-state index contributed by atoms with van der Waals surface area (Å²) in [6.07, 6.45) is -1.78. The second-order valence-corrected chi connectivity index (χ2v) is 6.58. The number of aromatic nitrogens is 3. The van der Waals surface area contributed by atoms with Gasteiger partial charge in [-0.05, 0) is 18.2 Å². The molecule has 8 nitrogen and oxygen atoms in total. The molecule has 0 saturated carbocycles. The van der Waals surface area contributed by atoms with Crippen LogP contribution in [0.2, 0.25) is 0 Å². The second-order valence-electron chi connectivity index (χ2n) is 6.58. The molecule has 2 heterocycles. The summed E-state index contributed by atoms with van der Waals surface area (Å²) in [5.41, 5.74) is 6.35. The molecule has 0 aliphatic heterocycles. The maximum Gasteiger partial charge on any atom is 0.371 e. The quantitative estimate of drug-likeness (QED) is 0.213. The van der Waals surface area contributed by atoms with E-state index in [1.165, 1.54) is 13.2 Å². The fourth-order valence-electron chi connectivity index (χ4n) is 3.08. The molecule has 0 aliphatic carbocycles. The van der Waals surface area contributed by atoms with Gasteiger partial charge in [0.05, 0.1) is 19.0 Å². The van der Waals surface area contributed by atoms with Crippen molar-refractivity contribution in [3.63, 3.8) is 0 Å². The molecule has 2 aromatic carbocycles.